The van der Waals surface area contributed by atoms with Gasteiger partial charge in [0, 0.05) is 106 Å². The summed E-state index contributed by atoms with van der Waals surface area (Å²) in [7, 11) is 5.24. The number of nitrogens with zero attached hydrogens (tertiary/aromatic N) is 15. The second-order valence-corrected chi connectivity index (χ2v) is 22.2. The first kappa shape index (κ1) is 62.4. The molecule has 0 atom stereocenters. The number of aromatic nitrogens is 16. The Balaban J connectivity index is 0.000000136. The highest BCUT2D eigenvalue weighted by molar-refractivity contribution is 6.06. The van der Waals surface area contributed by atoms with Gasteiger partial charge in [-0.3, -0.25) is 53.5 Å². The third-order valence-corrected chi connectivity index (χ3v) is 15.6. The van der Waals surface area contributed by atoms with Crippen LogP contribution in [0.2, 0.25) is 0 Å². The summed E-state index contributed by atoms with van der Waals surface area (Å²) in [5, 5.41) is 32.6. The molecule has 0 saturated heterocycles. The van der Waals surface area contributed by atoms with Crippen molar-refractivity contribution in [3.8, 4) is 67.9 Å². The van der Waals surface area contributed by atoms with E-state index in [1.807, 2.05) is 139 Å². The molecule has 12 heterocycles. The maximum atomic E-state index is 13.1. The molecule has 472 valence electrons. The largest absolute Gasteiger partial charge is 0.381 e. The lowest BCUT2D eigenvalue weighted by molar-refractivity contribution is 0.00245. The first-order chi connectivity index (χ1) is 45.9. The number of hydrogen-bond acceptors (Lipinski definition) is 18. The van der Waals surface area contributed by atoms with Gasteiger partial charge < -0.3 is 30.7 Å². The molecule has 0 radical (unpaired) electrons. The monoisotopic (exact) mass is 1250 g/mol. The Bertz CT molecular complexity index is 4550. The van der Waals surface area contributed by atoms with Crippen molar-refractivity contribution in [2.75, 3.05) is 42.0 Å². The third-order valence-electron chi connectivity index (χ3n) is 15.6. The first-order valence-corrected chi connectivity index (χ1v) is 30.4. The maximum Gasteiger partial charge on any atom is 0.274 e. The molecule has 0 aliphatic heterocycles. The highest BCUT2D eigenvalue weighted by atomic mass is 16.5. The molecule has 0 aromatic carbocycles. The van der Waals surface area contributed by atoms with Crippen LogP contribution in [0.15, 0.2) is 196 Å². The summed E-state index contributed by atoms with van der Waals surface area (Å²) in [6.45, 7) is 4.76. The number of rotatable bonds is 18. The summed E-state index contributed by atoms with van der Waals surface area (Å²) in [5.41, 5.74) is 12.3. The molecular weight excluding hydrogens is 1190 g/mol. The first-order valence-electron chi connectivity index (χ1n) is 30.4. The molecule has 0 spiro atoms. The quantitative estimate of drug-likeness (QED) is 0.0533. The molecule has 2 aliphatic rings. The van der Waals surface area contributed by atoms with E-state index in [0.717, 1.165) is 60.3 Å². The summed E-state index contributed by atoms with van der Waals surface area (Å²) in [6, 6.07) is 39.1. The number of carbonyl (C=O) groups excluding carboxylic acids is 3. The van der Waals surface area contributed by atoms with E-state index in [1.165, 1.54) is 0 Å². The number of carbonyl (C=O) groups is 3. The van der Waals surface area contributed by atoms with Gasteiger partial charge in [0.25, 0.3) is 17.7 Å². The van der Waals surface area contributed by atoms with Crippen LogP contribution < -0.4 is 21.3 Å². The van der Waals surface area contributed by atoms with E-state index in [1.54, 1.807) is 106 Å². The molecule has 3 amide bonds. The number of methoxy groups -OCH3 is 2. The average molecular weight is 1260 g/mol. The van der Waals surface area contributed by atoms with E-state index in [9.17, 15) is 14.4 Å². The zero-order valence-electron chi connectivity index (χ0n) is 52.1. The number of aryl methyl sites for hydroxylation is 2. The lowest BCUT2D eigenvalue weighted by Crippen LogP contribution is -2.32. The smallest absolute Gasteiger partial charge is 0.274 e. The van der Waals surface area contributed by atoms with E-state index in [2.05, 4.69) is 76.4 Å². The normalized spacial score (nSPS) is 15.4. The second kappa shape index (κ2) is 29.0. The number of nitrogens with one attached hydrogen (secondary N) is 5. The maximum absolute atomic E-state index is 13.1. The zero-order chi connectivity index (χ0) is 64.9. The zero-order valence-corrected chi connectivity index (χ0v) is 52.1. The second-order valence-electron chi connectivity index (χ2n) is 22.2. The summed E-state index contributed by atoms with van der Waals surface area (Å²) < 4.78 is 16.2. The average Bonchev–Trinajstić information content (AvgIpc) is 1.68. The van der Waals surface area contributed by atoms with Crippen LogP contribution in [0.5, 0.6) is 0 Å². The van der Waals surface area contributed by atoms with Crippen LogP contribution in [0.25, 0.3) is 67.9 Å². The van der Waals surface area contributed by atoms with Gasteiger partial charge in [-0.25, -0.2) is 19.9 Å². The highest BCUT2D eigenvalue weighted by Crippen LogP contribution is 2.38. The van der Waals surface area contributed by atoms with Crippen molar-refractivity contribution < 1.29 is 23.9 Å². The summed E-state index contributed by atoms with van der Waals surface area (Å²) in [4.78, 5) is 74.3. The van der Waals surface area contributed by atoms with E-state index in [4.69, 9.17) is 19.7 Å². The van der Waals surface area contributed by atoms with Crippen LogP contribution in [0.4, 0.5) is 22.9 Å². The van der Waals surface area contributed by atoms with Crippen molar-refractivity contribution in [1.29, 1.82) is 0 Å². The van der Waals surface area contributed by atoms with Gasteiger partial charge in [0.1, 0.15) is 40.0 Å². The number of ether oxygens (including phenoxy) is 2. The Labute approximate surface area is 540 Å². The van der Waals surface area contributed by atoms with Gasteiger partial charge in [0.2, 0.25) is 0 Å². The Kier molecular flexibility index (Phi) is 19.2. The van der Waals surface area contributed by atoms with Crippen molar-refractivity contribution in [2.45, 2.75) is 63.8 Å². The summed E-state index contributed by atoms with van der Waals surface area (Å²) >= 11 is 0. The fourth-order valence-electron chi connectivity index (χ4n) is 10.6. The molecule has 0 bridgehead atoms. The highest BCUT2D eigenvalue weighted by Gasteiger charge is 2.34. The molecule has 12 aromatic rings. The molecule has 25 nitrogen and oxygen atoms in total. The molecule has 25 heteroatoms. The van der Waals surface area contributed by atoms with Crippen LogP contribution in [-0.4, -0.2) is 130 Å². The predicted octanol–water partition coefficient (Wildman–Crippen LogP) is 11.3. The van der Waals surface area contributed by atoms with E-state index in [-0.39, 0.29) is 42.0 Å². The SMILES string of the molecule is CCNc1cc(-c2cccc(C(=O)Nc3cn(C)nc3-c3ccccn3)n2)ccn1.COC1CC(n2cc(NC(=O)c3cccc(-c4cn[nH]c4)n3)c(-c3ccccn3)n2)C1.COC1CC(n2cc(NC(=O)c3cccc(-c4cncc(C)c4)n3)c(-c3ccccn3)n2)C1. The predicted molar refractivity (Wildman–Crippen MR) is 355 cm³/mol. The Morgan fingerprint density at radius 3 is 1.43 bits per heavy atom. The molecule has 2 saturated carbocycles. The van der Waals surface area contributed by atoms with Gasteiger partial charge in [-0.1, -0.05) is 36.4 Å². The Morgan fingerprint density at radius 1 is 0.511 bits per heavy atom. The topological polar surface area (TPSA) is 303 Å². The number of H-pyrrole nitrogens is 1. The number of hydrogen-bond donors (Lipinski definition) is 5. The van der Waals surface area contributed by atoms with Crippen molar-refractivity contribution in [1.82, 2.24) is 79.4 Å². The fourth-order valence-corrected chi connectivity index (χ4v) is 10.6. The van der Waals surface area contributed by atoms with E-state index < -0.39 is 0 Å². The van der Waals surface area contributed by atoms with Crippen molar-refractivity contribution >= 4 is 40.6 Å². The van der Waals surface area contributed by atoms with Gasteiger partial charge in [-0.2, -0.15) is 20.4 Å². The minimum atomic E-state index is -0.317. The fraction of sp³-hybridized carbons (Fsp3) is 0.203. The van der Waals surface area contributed by atoms with Crippen LogP contribution in [0.1, 0.15) is 81.7 Å². The molecule has 5 N–H and O–H groups in total. The molecule has 2 fully saturated rings. The van der Waals surface area contributed by atoms with E-state index in [0.29, 0.717) is 85.4 Å². The number of amides is 3. The lowest BCUT2D eigenvalue weighted by Gasteiger charge is -2.34. The van der Waals surface area contributed by atoms with Crippen LogP contribution in [0, 0.1) is 6.92 Å². The van der Waals surface area contributed by atoms with Crippen molar-refractivity contribution in [2.24, 2.45) is 7.05 Å². The van der Waals surface area contributed by atoms with Gasteiger partial charge >= 0.3 is 0 Å². The summed E-state index contributed by atoms with van der Waals surface area (Å²) in [6.07, 6.45) is 23.3. The van der Waals surface area contributed by atoms with E-state index >= 15 is 0 Å². The van der Waals surface area contributed by atoms with Crippen LogP contribution >= 0.6 is 0 Å². The number of anilines is 4. The lowest BCUT2D eigenvalue weighted by atomic mass is 9.89. The number of pyridine rings is 8. The van der Waals surface area contributed by atoms with Gasteiger partial charge in [-0.15, -0.1) is 0 Å². The van der Waals surface area contributed by atoms with Gasteiger partial charge in [-0.05, 0) is 136 Å². The molecule has 12 aromatic heterocycles. The van der Waals surface area contributed by atoms with Crippen molar-refractivity contribution in [3.63, 3.8) is 0 Å². The van der Waals surface area contributed by atoms with Crippen molar-refractivity contribution in [3.05, 3.63) is 218 Å². The van der Waals surface area contributed by atoms with Gasteiger partial charge in [0.15, 0.2) is 0 Å². The molecular formula is C69H66N20O5. The molecule has 14 rings (SSSR count). The van der Waals surface area contributed by atoms with Gasteiger partial charge in [0.05, 0.1) is 81.7 Å². The Morgan fingerprint density at radius 2 is 0.979 bits per heavy atom. The minimum Gasteiger partial charge on any atom is -0.381 e. The third kappa shape index (κ3) is 14.8. The number of aromatic amines is 1. The minimum absolute atomic E-state index is 0.235. The van der Waals surface area contributed by atoms with Crippen LogP contribution in [-0.2, 0) is 16.5 Å². The Hall–Kier alpha value is -11.8. The molecule has 2 aliphatic carbocycles. The van der Waals surface area contributed by atoms with Crippen LogP contribution in [0.3, 0.4) is 0 Å². The molecule has 0 unspecified atom stereocenters. The standard InChI is InChI=1S/C25H24N6O2.C22H21N7O2.C22H21N7O/c1-16-10-17(14-26-13-16)20-7-5-8-22(28-20)25(32)29-23-15-31(18-11-19(12-18)33-2)30-24(23)21-6-3-4-9-27-21;1-31-16-9-15(10-16)29-13-20(21(28-29)18-5-2-3-8-23-18)27-22(30)19-7-4-6-17(26-19)14-11-24-25-12-14;1-3-23-20-13-15(10-12-25-20)16-8-6-9-18(26-16)22(30)27-19-14-29(2)28-21(19)17-7-4-5-11-24-17/h3-10,13-15,18-19H,11-12H2,1-2H3,(H,29,32);2-8,11-13,15-16H,9-10H2,1H3,(H,24,25)(H,27,30);4-14H,3H2,1-2H3,(H,23,25)(H,27,30). The summed E-state index contributed by atoms with van der Waals surface area (Å²) in [5.74, 6) is -0.173. The molecule has 94 heavy (non-hydrogen) atoms.